The second kappa shape index (κ2) is 7.31. The van der Waals surface area contributed by atoms with Crippen molar-refractivity contribution in [2.45, 2.75) is 31.9 Å². The molecule has 0 saturated carbocycles. The van der Waals surface area contributed by atoms with E-state index in [1.807, 2.05) is 24.3 Å². The fourth-order valence-corrected chi connectivity index (χ4v) is 2.80. The Bertz CT molecular complexity index is 694. The van der Waals surface area contributed by atoms with Crippen LogP contribution in [0.4, 0.5) is 0 Å². The molecule has 0 heterocycles. The number of nitrogens with two attached hydrogens (primary N) is 1. The van der Waals surface area contributed by atoms with Crippen molar-refractivity contribution < 1.29 is 4.74 Å². The van der Waals surface area contributed by atoms with Crippen LogP contribution in [0, 0.1) is 11.3 Å². The Hall–Kier alpha value is -2.02. The Balaban J connectivity index is 0.00000176. The molecule has 2 aromatic rings. The SMILES string of the molecule is Cl.N#Cc1cccc(COc2ccc3c(c2)C(N)CCC3)c1. The van der Waals surface area contributed by atoms with E-state index in [1.54, 1.807) is 6.07 Å². The largest absolute Gasteiger partial charge is 0.489 e. The summed E-state index contributed by atoms with van der Waals surface area (Å²) in [6.45, 7) is 0.462. The highest BCUT2D eigenvalue weighted by Crippen LogP contribution is 2.31. The molecule has 0 fully saturated rings. The van der Waals surface area contributed by atoms with Crippen molar-refractivity contribution in [1.29, 1.82) is 5.26 Å². The first-order chi connectivity index (χ1) is 10.3. The van der Waals surface area contributed by atoms with E-state index in [9.17, 15) is 0 Å². The summed E-state index contributed by atoms with van der Waals surface area (Å²) in [7, 11) is 0. The molecule has 22 heavy (non-hydrogen) atoms. The fourth-order valence-electron chi connectivity index (χ4n) is 2.80. The lowest BCUT2D eigenvalue weighted by atomic mass is 9.88. The molecule has 114 valence electrons. The third-order valence-electron chi connectivity index (χ3n) is 3.94. The third-order valence-corrected chi connectivity index (χ3v) is 3.94. The molecule has 0 aliphatic heterocycles. The molecule has 3 nitrogen and oxygen atoms in total. The number of hydrogen-bond acceptors (Lipinski definition) is 3. The fraction of sp³-hybridized carbons (Fsp3) is 0.278. The summed E-state index contributed by atoms with van der Waals surface area (Å²) in [6, 6.07) is 15.9. The summed E-state index contributed by atoms with van der Waals surface area (Å²) < 4.78 is 5.84. The first-order valence-electron chi connectivity index (χ1n) is 7.26. The molecule has 0 spiro atoms. The molecule has 2 N–H and O–H groups in total. The van der Waals surface area contributed by atoms with E-state index in [0.29, 0.717) is 12.2 Å². The van der Waals surface area contributed by atoms with Gasteiger partial charge in [0.15, 0.2) is 0 Å². The van der Waals surface area contributed by atoms with Crippen LogP contribution in [0.15, 0.2) is 42.5 Å². The van der Waals surface area contributed by atoms with E-state index < -0.39 is 0 Å². The predicted molar refractivity (Wildman–Crippen MR) is 89.0 cm³/mol. The van der Waals surface area contributed by atoms with Gasteiger partial charge in [0.2, 0.25) is 0 Å². The van der Waals surface area contributed by atoms with Crippen LogP contribution in [0.2, 0.25) is 0 Å². The highest BCUT2D eigenvalue weighted by atomic mass is 35.5. The predicted octanol–water partition coefficient (Wildman–Crippen LogP) is 3.90. The maximum Gasteiger partial charge on any atom is 0.120 e. The van der Waals surface area contributed by atoms with E-state index in [-0.39, 0.29) is 18.4 Å². The Kier molecular flexibility index (Phi) is 5.43. The van der Waals surface area contributed by atoms with Crippen LogP contribution in [0.1, 0.15) is 41.1 Å². The van der Waals surface area contributed by atoms with E-state index in [1.165, 1.54) is 11.1 Å². The minimum absolute atomic E-state index is 0. The second-order valence-electron chi connectivity index (χ2n) is 5.46. The van der Waals surface area contributed by atoms with Gasteiger partial charge in [-0.1, -0.05) is 18.2 Å². The van der Waals surface area contributed by atoms with Crippen molar-refractivity contribution in [2.75, 3.05) is 0 Å². The van der Waals surface area contributed by atoms with Crippen LogP contribution in [0.3, 0.4) is 0 Å². The number of fused-ring (bicyclic) bond motifs is 1. The monoisotopic (exact) mass is 314 g/mol. The van der Waals surface area contributed by atoms with Gasteiger partial charge < -0.3 is 10.5 Å². The smallest absolute Gasteiger partial charge is 0.120 e. The summed E-state index contributed by atoms with van der Waals surface area (Å²) in [5.41, 5.74) is 10.4. The lowest BCUT2D eigenvalue weighted by Gasteiger charge is -2.22. The van der Waals surface area contributed by atoms with Crippen molar-refractivity contribution in [3.05, 3.63) is 64.7 Å². The summed E-state index contributed by atoms with van der Waals surface area (Å²) >= 11 is 0. The number of aryl methyl sites for hydroxylation is 1. The third kappa shape index (κ3) is 3.59. The van der Waals surface area contributed by atoms with E-state index >= 15 is 0 Å². The van der Waals surface area contributed by atoms with Crippen molar-refractivity contribution in [3.63, 3.8) is 0 Å². The maximum absolute atomic E-state index is 8.90. The van der Waals surface area contributed by atoms with Gasteiger partial charge in [0, 0.05) is 6.04 Å². The van der Waals surface area contributed by atoms with Gasteiger partial charge in [0.25, 0.3) is 0 Å². The number of rotatable bonds is 3. The van der Waals surface area contributed by atoms with E-state index in [2.05, 4.69) is 18.2 Å². The van der Waals surface area contributed by atoms with Crippen LogP contribution in [0.25, 0.3) is 0 Å². The second-order valence-corrected chi connectivity index (χ2v) is 5.46. The molecular weight excluding hydrogens is 296 g/mol. The highest BCUT2D eigenvalue weighted by molar-refractivity contribution is 5.85. The molecule has 0 saturated heterocycles. The quantitative estimate of drug-likeness (QED) is 0.934. The zero-order chi connectivity index (χ0) is 14.7. The zero-order valence-corrected chi connectivity index (χ0v) is 13.1. The Morgan fingerprint density at radius 1 is 1.23 bits per heavy atom. The van der Waals surface area contributed by atoms with Gasteiger partial charge in [-0.25, -0.2) is 0 Å². The van der Waals surface area contributed by atoms with Crippen LogP contribution >= 0.6 is 12.4 Å². The summed E-state index contributed by atoms with van der Waals surface area (Å²) in [5, 5.41) is 8.90. The summed E-state index contributed by atoms with van der Waals surface area (Å²) in [5.74, 6) is 0.841. The maximum atomic E-state index is 8.90. The molecular formula is C18H19ClN2O. The number of ether oxygens (including phenoxy) is 1. The molecule has 0 bridgehead atoms. The molecule has 0 amide bonds. The van der Waals surface area contributed by atoms with Crippen LogP contribution < -0.4 is 10.5 Å². The van der Waals surface area contributed by atoms with Crippen LogP contribution in [0.5, 0.6) is 5.75 Å². The Labute approximate surface area is 137 Å². The van der Waals surface area contributed by atoms with Crippen molar-refractivity contribution in [2.24, 2.45) is 5.73 Å². The number of benzene rings is 2. The Morgan fingerprint density at radius 2 is 2.09 bits per heavy atom. The first kappa shape index (κ1) is 16.4. The van der Waals surface area contributed by atoms with Crippen molar-refractivity contribution >= 4 is 12.4 Å². The highest BCUT2D eigenvalue weighted by Gasteiger charge is 2.17. The minimum Gasteiger partial charge on any atom is -0.489 e. The Morgan fingerprint density at radius 3 is 2.91 bits per heavy atom. The number of hydrogen-bond donors (Lipinski definition) is 1. The molecule has 1 aliphatic carbocycles. The van der Waals surface area contributed by atoms with Gasteiger partial charge in [-0.3, -0.25) is 0 Å². The molecule has 1 aliphatic rings. The van der Waals surface area contributed by atoms with Crippen molar-refractivity contribution in [1.82, 2.24) is 0 Å². The molecule has 0 radical (unpaired) electrons. The van der Waals surface area contributed by atoms with Gasteiger partial charge in [-0.2, -0.15) is 5.26 Å². The van der Waals surface area contributed by atoms with E-state index in [4.69, 9.17) is 15.7 Å². The van der Waals surface area contributed by atoms with Gasteiger partial charge in [0.1, 0.15) is 12.4 Å². The molecule has 3 rings (SSSR count). The van der Waals surface area contributed by atoms with Crippen LogP contribution in [-0.2, 0) is 13.0 Å². The molecule has 4 heteroatoms. The first-order valence-corrected chi connectivity index (χ1v) is 7.26. The number of halogens is 1. The summed E-state index contributed by atoms with van der Waals surface area (Å²) in [6.07, 6.45) is 3.31. The normalized spacial score (nSPS) is 16.1. The summed E-state index contributed by atoms with van der Waals surface area (Å²) in [4.78, 5) is 0. The lowest BCUT2D eigenvalue weighted by Crippen LogP contribution is -2.17. The van der Waals surface area contributed by atoms with Crippen molar-refractivity contribution in [3.8, 4) is 11.8 Å². The average Bonchev–Trinajstić information content (AvgIpc) is 2.54. The molecule has 1 atom stereocenters. The number of nitriles is 1. The van der Waals surface area contributed by atoms with Crippen LogP contribution in [-0.4, -0.2) is 0 Å². The van der Waals surface area contributed by atoms with Gasteiger partial charge in [-0.15, -0.1) is 12.4 Å². The lowest BCUT2D eigenvalue weighted by molar-refractivity contribution is 0.305. The number of nitrogens with zero attached hydrogens (tertiary/aromatic N) is 1. The average molecular weight is 315 g/mol. The van der Waals surface area contributed by atoms with E-state index in [0.717, 1.165) is 30.6 Å². The molecule has 0 aromatic heterocycles. The standard InChI is InChI=1S/C18H18N2O.ClH/c19-11-13-3-1-4-14(9-13)12-21-16-8-7-15-5-2-6-18(20)17(15)10-16;/h1,3-4,7-10,18H,2,5-6,12,20H2;1H. The topological polar surface area (TPSA) is 59.0 Å². The zero-order valence-electron chi connectivity index (χ0n) is 12.3. The molecule has 2 aromatic carbocycles. The minimum atomic E-state index is 0. The molecule has 1 unspecified atom stereocenters. The van der Waals surface area contributed by atoms with Gasteiger partial charge in [0.05, 0.1) is 11.6 Å². The van der Waals surface area contributed by atoms with Gasteiger partial charge in [-0.05, 0) is 60.2 Å². The van der Waals surface area contributed by atoms with Gasteiger partial charge >= 0.3 is 0 Å².